The molecule has 1 aliphatic heterocycles. The molecular weight excluding hydrogens is 383 g/mol. The number of pyridine rings is 1. The lowest BCUT2D eigenvalue weighted by atomic mass is 9.95. The molecule has 2 aromatic heterocycles. The van der Waals surface area contributed by atoms with Gasteiger partial charge < -0.3 is 10.0 Å². The zero-order valence-corrected chi connectivity index (χ0v) is 15.8. The number of benzene rings is 2. The third-order valence-corrected chi connectivity index (χ3v) is 5.33. The maximum atomic E-state index is 14.9. The first-order valence-electron chi connectivity index (χ1n) is 9.46. The Labute approximate surface area is 171 Å². The lowest BCUT2D eigenvalue weighted by Gasteiger charge is -2.26. The van der Waals surface area contributed by atoms with Gasteiger partial charge in [0.05, 0.1) is 6.04 Å². The SMILES string of the molecule is O=C1c2[nH]nc(-c3ccccc3O)c2C(c2ccccc2F)N1Cc1ccncc1. The highest BCUT2D eigenvalue weighted by molar-refractivity contribution is 6.00. The largest absolute Gasteiger partial charge is 0.507 e. The summed E-state index contributed by atoms with van der Waals surface area (Å²) in [5, 5.41) is 17.5. The number of aromatic nitrogens is 3. The molecule has 4 aromatic rings. The molecule has 1 atom stereocenters. The van der Waals surface area contributed by atoms with Crippen LogP contribution in [0.2, 0.25) is 0 Å². The average Bonchev–Trinajstić information content (AvgIpc) is 3.30. The van der Waals surface area contributed by atoms with Crippen molar-refractivity contribution in [3.8, 4) is 17.0 Å². The molecule has 0 aliphatic carbocycles. The van der Waals surface area contributed by atoms with E-state index >= 15 is 0 Å². The number of hydrogen-bond donors (Lipinski definition) is 2. The van der Waals surface area contributed by atoms with Crippen LogP contribution in [0.15, 0.2) is 73.1 Å². The highest BCUT2D eigenvalue weighted by Gasteiger charge is 2.43. The van der Waals surface area contributed by atoms with E-state index in [2.05, 4.69) is 15.2 Å². The van der Waals surface area contributed by atoms with Gasteiger partial charge in [0.2, 0.25) is 0 Å². The summed E-state index contributed by atoms with van der Waals surface area (Å²) in [5.74, 6) is -0.643. The van der Waals surface area contributed by atoms with E-state index in [-0.39, 0.29) is 18.2 Å². The molecule has 7 heteroatoms. The van der Waals surface area contributed by atoms with Crippen molar-refractivity contribution in [3.05, 3.63) is 101 Å². The number of halogens is 1. The van der Waals surface area contributed by atoms with E-state index in [0.29, 0.717) is 28.1 Å². The summed E-state index contributed by atoms with van der Waals surface area (Å²) in [6.07, 6.45) is 3.31. The molecule has 1 unspecified atom stereocenters. The third kappa shape index (κ3) is 2.83. The number of phenols is 1. The number of rotatable bonds is 4. The Kier molecular flexibility index (Phi) is 4.28. The summed E-state index contributed by atoms with van der Waals surface area (Å²) >= 11 is 0. The monoisotopic (exact) mass is 400 g/mol. The number of carbonyl (C=O) groups is 1. The number of para-hydroxylation sites is 1. The lowest BCUT2D eigenvalue weighted by Crippen LogP contribution is -2.29. The quantitative estimate of drug-likeness (QED) is 0.541. The Balaban J connectivity index is 1.70. The van der Waals surface area contributed by atoms with E-state index in [1.165, 1.54) is 6.07 Å². The Morgan fingerprint density at radius 1 is 1.03 bits per heavy atom. The minimum Gasteiger partial charge on any atom is -0.507 e. The number of aromatic hydroxyl groups is 1. The topological polar surface area (TPSA) is 82.1 Å². The Morgan fingerprint density at radius 3 is 2.53 bits per heavy atom. The molecule has 3 heterocycles. The average molecular weight is 400 g/mol. The molecule has 148 valence electrons. The number of nitrogens with one attached hydrogen (secondary N) is 1. The fraction of sp³-hybridized carbons (Fsp3) is 0.0870. The second-order valence-electron chi connectivity index (χ2n) is 7.09. The lowest BCUT2D eigenvalue weighted by molar-refractivity contribution is 0.0728. The van der Waals surface area contributed by atoms with Gasteiger partial charge in [-0.25, -0.2) is 4.39 Å². The molecule has 1 aliphatic rings. The van der Waals surface area contributed by atoms with E-state index in [0.717, 1.165) is 5.56 Å². The molecule has 1 amide bonds. The predicted octanol–water partition coefficient (Wildman–Crippen LogP) is 4.06. The molecule has 2 N–H and O–H groups in total. The number of fused-ring (bicyclic) bond motifs is 1. The minimum absolute atomic E-state index is 0.0408. The van der Waals surface area contributed by atoms with Crippen molar-refractivity contribution < 1.29 is 14.3 Å². The summed E-state index contributed by atoms with van der Waals surface area (Å²) in [5.41, 5.74) is 3.02. The van der Waals surface area contributed by atoms with Crippen molar-refractivity contribution >= 4 is 5.91 Å². The second kappa shape index (κ2) is 7.11. The Morgan fingerprint density at radius 2 is 1.77 bits per heavy atom. The molecule has 0 saturated heterocycles. The zero-order chi connectivity index (χ0) is 20.7. The third-order valence-electron chi connectivity index (χ3n) is 5.33. The maximum absolute atomic E-state index is 14.9. The number of aromatic amines is 1. The molecule has 0 saturated carbocycles. The second-order valence-corrected chi connectivity index (χ2v) is 7.09. The van der Waals surface area contributed by atoms with Gasteiger partial charge in [0.1, 0.15) is 23.0 Å². The van der Waals surface area contributed by atoms with Gasteiger partial charge in [-0.05, 0) is 35.9 Å². The first-order valence-corrected chi connectivity index (χ1v) is 9.46. The maximum Gasteiger partial charge on any atom is 0.273 e. The van der Waals surface area contributed by atoms with Crippen LogP contribution in [0.5, 0.6) is 5.75 Å². The number of nitrogens with zero attached hydrogens (tertiary/aromatic N) is 3. The molecule has 0 fully saturated rings. The Bertz CT molecular complexity index is 1240. The fourth-order valence-corrected chi connectivity index (χ4v) is 3.94. The van der Waals surface area contributed by atoms with Crippen LogP contribution in [0.1, 0.15) is 33.2 Å². The van der Waals surface area contributed by atoms with Crippen LogP contribution in [0.4, 0.5) is 4.39 Å². The van der Waals surface area contributed by atoms with Gasteiger partial charge in [0.15, 0.2) is 0 Å². The molecule has 5 rings (SSSR count). The molecule has 0 spiro atoms. The van der Waals surface area contributed by atoms with Gasteiger partial charge in [-0.1, -0.05) is 30.3 Å². The molecule has 6 nitrogen and oxygen atoms in total. The first kappa shape index (κ1) is 18.1. The number of H-pyrrole nitrogens is 1. The normalized spacial score (nSPS) is 15.4. The van der Waals surface area contributed by atoms with Gasteiger partial charge in [-0.15, -0.1) is 0 Å². The summed E-state index contributed by atoms with van der Waals surface area (Å²) in [6.45, 7) is 0.281. The highest BCUT2D eigenvalue weighted by atomic mass is 19.1. The van der Waals surface area contributed by atoms with E-state index < -0.39 is 11.9 Å². The summed E-state index contributed by atoms with van der Waals surface area (Å²) in [4.78, 5) is 18.9. The molecule has 0 bridgehead atoms. The van der Waals surface area contributed by atoms with Gasteiger partial charge in [0, 0.05) is 35.6 Å². The van der Waals surface area contributed by atoms with Gasteiger partial charge >= 0.3 is 0 Å². The first-order chi connectivity index (χ1) is 14.6. The standard InChI is InChI=1S/C23H17FN4O2/c24-17-7-3-1-5-15(17)22-19-20(16-6-2-4-8-18(16)29)26-27-21(19)23(30)28(22)13-14-9-11-25-12-10-14/h1-12,22,29H,13H2,(H,26,27). The van der Waals surface area contributed by atoms with Gasteiger partial charge in [0.25, 0.3) is 5.91 Å². The van der Waals surface area contributed by atoms with Crippen molar-refractivity contribution in [1.29, 1.82) is 0 Å². The molecule has 0 radical (unpaired) electrons. The van der Waals surface area contributed by atoms with Crippen molar-refractivity contribution in [3.63, 3.8) is 0 Å². The summed E-state index contributed by atoms with van der Waals surface area (Å²) in [6, 6.07) is 16.1. The predicted molar refractivity (Wildman–Crippen MR) is 108 cm³/mol. The van der Waals surface area contributed by atoms with Gasteiger partial charge in [-0.2, -0.15) is 5.10 Å². The summed E-state index contributed by atoms with van der Waals surface area (Å²) in [7, 11) is 0. The van der Waals surface area contributed by atoms with Gasteiger partial charge in [-0.3, -0.25) is 14.9 Å². The minimum atomic E-state index is -0.685. The number of phenolic OH excluding ortho intramolecular Hbond substituents is 1. The van der Waals surface area contributed by atoms with Crippen LogP contribution in [-0.2, 0) is 6.54 Å². The number of amides is 1. The van der Waals surface area contributed by atoms with Crippen molar-refractivity contribution in [1.82, 2.24) is 20.1 Å². The van der Waals surface area contributed by atoms with E-state index in [1.807, 2.05) is 12.1 Å². The Hall–Kier alpha value is -4.00. The van der Waals surface area contributed by atoms with Crippen LogP contribution in [-0.4, -0.2) is 31.1 Å². The van der Waals surface area contributed by atoms with Crippen molar-refractivity contribution in [2.45, 2.75) is 12.6 Å². The highest BCUT2D eigenvalue weighted by Crippen LogP contribution is 2.45. The number of carbonyl (C=O) groups excluding carboxylic acids is 1. The molecular formula is C23H17FN4O2. The van der Waals surface area contributed by atoms with Crippen LogP contribution >= 0.6 is 0 Å². The van der Waals surface area contributed by atoms with Crippen LogP contribution < -0.4 is 0 Å². The summed E-state index contributed by atoms with van der Waals surface area (Å²) < 4.78 is 14.9. The zero-order valence-electron chi connectivity index (χ0n) is 15.8. The van der Waals surface area contributed by atoms with E-state index in [1.54, 1.807) is 59.8 Å². The van der Waals surface area contributed by atoms with E-state index in [9.17, 15) is 14.3 Å². The van der Waals surface area contributed by atoms with Crippen LogP contribution in [0, 0.1) is 5.82 Å². The molecule has 2 aromatic carbocycles. The van der Waals surface area contributed by atoms with Crippen molar-refractivity contribution in [2.24, 2.45) is 0 Å². The fourth-order valence-electron chi connectivity index (χ4n) is 3.94. The number of hydrogen-bond acceptors (Lipinski definition) is 4. The van der Waals surface area contributed by atoms with Crippen molar-refractivity contribution in [2.75, 3.05) is 0 Å². The smallest absolute Gasteiger partial charge is 0.273 e. The van der Waals surface area contributed by atoms with E-state index in [4.69, 9.17) is 0 Å². The van der Waals surface area contributed by atoms with Crippen LogP contribution in [0.25, 0.3) is 11.3 Å². The molecule has 30 heavy (non-hydrogen) atoms. The van der Waals surface area contributed by atoms with Crippen LogP contribution in [0.3, 0.4) is 0 Å².